The molecule has 1 saturated heterocycles. The van der Waals surface area contributed by atoms with Gasteiger partial charge in [-0.15, -0.1) is 5.10 Å². The molecule has 0 spiro atoms. The Hall–Kier alpha value is -1.60. The highest BCUT2D eigenvalue weighted by atomic mass is 32.2. The number of tetrazole rings is 1. The van der Waals surface area contributed by atoms with Crippen molar-refractivity contribution in [1.82, 2.24) is 25.5 Å². The minimum Gasteiger partial charge on any atom is -0.508 e. The van der Waals surface area contributed by atoms with E-state index in [-0.39, 0.29) is 5.75 Å². The molecule has 1 unspecified atom stereocenters. The molecule has 1 aromatic heterocycles. The van der Waals surface area contributed by atoms with Crippen LogP contribution in [0.5, 0.6) is 5.75 Å². The molecule has 0 bridgehead atoms. The smallest absolute Gasteiger partial charge is 0.214 e. The van der Waals surface area contributed by atoms with Gasteiger partial charge in [0.1, 0.15) is 5.75 Å². The molecule has 1 fully saturated rings. The molecule has 0 amide bonds. The maximum absolute atomic E-state index is 9.31. The largest absolute Gasteiger partial charge is 0.508 e. The second kappa shape index (κ2) is 5.58. The van der Waals surface area contributed by atoms with E-state index >= 15 is 0 Å². The molecule has 3 rings (SSSR count). The van der Waals surface area contributed by atoms with Gasteiger partial charge in [-0.2, -0.15) is 4.68 Å². The van der Waals surface area contributed by atoms with Crippen LogP contribution in [0.1, 0.15) is 12.8 Å². The summed E-state index contributed by atoms with van der Waals surface area (Å²) in [6, 6.07) is 6.87. The molecule has 0 saturated carbocycles. The third-order valence-electron chi connectivity index (χ3n) is 3.06. The summed E-state index contributed by atoms with van der Waals surface area (Å²) in [6.07, 6.45) is 2.37. The Kier molecular flexibility index (Phi) is 3.65. The second-order valence-electron chi connectivity index (χ2n) is 4.48. The lowest BCUT2D eigenvalue weighted by Crippen LogP contribution is -2.31. The van der Waals surface area contributed by atoms with Crippen molar-refractivity contribution >= 4 is 11.8 Å². The van der Waals surface area contributed by atoms with Crippen LogP contribution in [-0.2, 0) is 0 Å². The van der Waals surface area contributed by atoms with Gasteiger partial charge >= 0.3 is 0 Å². The van der Waals surface area contributed by atoms with Gasteiger partial charge in [-0.1, -0.05) is 11.8 Å². The summed E-state index contributed by atoms with van der Waals surface area (Å²) >= 11 is 1.70. The van der Waals surface area contributed by atoms with E-state index in [9.17, 15) is 5.11 Å². The fourth-order valence-electron chi connectivity index (χ4n) is 2.08. The summed E-state index contributed by atoms with van der Waals surface area (Å²) in [6.45, 7) is 2.09. The monoisotopic (exact) mass is 277 g/mol. The van der Waals surface area contributed by atoms with Gasteiger partial charge in [-0.05, 0) is 54.1 Å². The third kappa shape index (κ3) is 2.87. The van der Waals surface area contributed by atoms with Crippen LogP contribution in [-0.4, -0.2) is 43.7 Å². The van der Waals surface area contributed by atoms with Gasteiger partial charge in [-0.25, -0.2) is 0 Å². The molecule has 0 aliphatic carbocycles. The van der Waals surface area contributed by atoms with E-state index in [2.05, 4.69) is 20.8 Å². The molecule has 1 aliphatic rings. The lowest BCUT2D eigenvalue weighted by Gasteiger charge is -2.21. The highest BCUT2D eigenvalue weighted by Gasteiger charge is 2.18. The van der Waals surface area contributed by atoms with Crippen LogP contribution in [0.4, 0.5) is 0 Å². The highest BCUT2D eigenvalue weighted by Crippen LogP contribution is 2.27. The van der Waals surface area contributed by atoms with Crippen LogP contribution in [0.25, 0.3) is 5.69 Å². The van der Waals surface area contributed by atoms with E-state index in [0.717, 1.165) is 23.9 Å². The van der Waals surface area contributed by atoms with E-state index in [1.165, 1.54) is 12.8 Å². The van der Waals surface area contributed by atoms with Crippen LogP contribution >= 0.6 is 11.8 Å². The Balaban J connectivity index is 1.79. The summed E-state index contributed by atoms with van der Waals surface area (Å²) in [5.41, 5.74) is 0.856. The number of nitrogens with one attached hydrogen (secondary N) is 1. The Morgan fingerprint density at radius 3 is 2.89 bits per heavy atom. The first-order valence-corrected chi connectivity index (χ1v) is 7.16. The first-order valence-electron chi connectivity index (χ1n) is 6.28. The fourth-order valence-corrected chi connectivity index (χ4v) is 3.19. The van der Waals surface area contributed by atoms with Crippen LogP contribution in [0.2, 0.25) is 0 Å². The highest BCUT2D eigenvalue weighted by molar-refractivity contribution is 7.99. The average molecular weight is 277 g/mol. The Morgan fingerprint density at radius 1 is 1.32 bits per heavy atom. The van der Waals surface area contributed by atoms with Crippen molar-refractivity contribution in [2.75, 3.05) is 13.1 Å². The first-order chi connectivity index (χ1) is 9.33. The predicted molar refractivity (Wildman–Crippen MR) is 72.6 cm³/mol. The van der Waals surface area contributed by atoms with E-state index in [1.54, 1.807) is 40.7 Å². The summed E-state index contributed by atoms with van der Waals surface area (Å²) in [7, 11) is 0. The van der Waals surface area contributed by atoms with Crippen molar-refractivity contribution in [3.8, 4) is 11.4 Å². The number of phenolic OH excluding ortho intramolecular Hbond substituents is 1. The topological polar surface area (TPSA) is 75.9 Å². The molecule has 100 valence electrons. The van der Waals surface area contributed by atoms with Gasteiger partial charge in [0.15, 0.2) is 0 Å². The standard InChI is InChI=1S/C12H15N5OS/c18-10-5-3-9(4-6-10)17-12(14-15-16-17)19-11-2-1-7-13-8-11/h3-6,11,13,18H,1-2,7-8H2. The lowest BCUT2D eigenvalue weighted by atomic mass is 10.2. The lowest BCUT2D eigenvalue weighted by molar-refractivity contribution is 0.475. The number of aromatic nitrogens is 4. The number of hydrogen-bond acceptors (Lipinski definition) is 6. The third-order valence-corrected chi connectivity index (χ3v) is 4.26. The molecule has 1 aliphatic heterocycles. The van der Waals surface area contributed by atoms with Crippen molar-refractivity contribution in [1.29, 1.82) is 0 Å². The molecule has 1 atom stereocenters. The van der Waals surface area contributed by atoms with Crippen molar-refractivity contribution in [2.45, 2.75) is 23.2 Å². The van der Waals surface area contributed by atoms with E-state index in [4.69, 9.17) is 0 Å². The molecule has 0 radical (unpaired) electrons. The maximum atomic E-state index is 9.31. The summed E-state index contributed by atoms with van der Waals surface area (Å²) < 4.78 is 1.71. The molecule has 7 heteroatoms. The van der Waals surface area contributed by atoms with Crippen LogP contribution in [0, 0.1) is 0 Å². The fraction of sp³-hybridized carbons (Fsp3) is 0.417. The number of hydrogen-bond donors (Lipinski definition) is 2. The van der Waals surface area contributed by atoms with Gasteiger partial charge in [0.2, 0.25) is 5.16 Å². The van der Waals surface area contributed by atoms with Crippen molar-refractivity contribution in [3.63, 3.8) is 0 Å². The minimum atomic E-state index is 0.238. The van der Waals surface area contributed by atoms with Gasteiger partial charge in [-0.3, -0.25) is 0 Å². The number of benzene rings is 1. The number of aromatic hydroxyl groups is 1. The van der Waals surface area contributed by atoms with Gasteiger partial charge in [0.25, 0.3) is 0 Å². The zero-order valence-electron chi connectivity index (χ0n) is 10.4. The predicted octanol–water partition coefficient (Wildman–Crippen LogP) is 1.21. The Morgan fingerprint density at radius 2 is 2.16 bits per heavy atom. The number of nitrogens with zero attached hydrogens (tertiary/aromatic N) is 4. The molecular formula is C12H15N5OS. The zero-order valence-corrected chi connectivity index (χ0v) is 11.2. The molecule has 2 heterocycles. The molecule has 2 N–H and O–H groups in total. The zero-order chi connectivity index (χ0) is 13.1. The van der Waals surface area contributed by atoms with Gasteiger partial charge in [0, 0.05) is 11.8 Å². The first kappa shape index (κ1) is 12.4. The number of phenols is 1. The van der Waals surface area contributed by atoms with Crippen LogP contribution in [0.3, 0.4) is 0 Å². The molecule has 2 aromatic rings. The summed E-state index contributed by atoms with van der Waals surface area (Å²) in [5, 5.41) is 25.8. The van der Waals surface area contributed by atoms with Crippen molar-refractivity contribution in [3.05, 3.63) is 24.3 Å². The number of rotatable bonds is 3. The van der Waals surface area contributed by atoms with Crippen molar-refractivity contribution < 1.29 is 5.11 Å². The van der Waals surface area contributed by atoms with Crippen LogP contribution < -0.4 is 5.32 Å². The molecule has 6 nitrogen and oxygen atoms in total. The normalized spacial score (nSPS) is 19.5. The van der Waals surface area contributed by atoms with Crippen LogP contribution in [0.15, 0.2) is 29.4 Å². The Bertz CT molecular complexity index is 535. The Labute approximate surface area is 115 Å². The average Bonchev–Trinajstić information content (AvgIpc) is 2.89. The summed E-state index contributed by atoms with van der Waals surface area (Å²) in [4.78, 5) is 0. The maximum Gasteiger partial charge on any atom is 0.214 e. The van der Waals surface area contributed by atoms with Gasteiger partial charge in [0.05, 0.1) is 5.69 Å². The number of piperidine rings is 1. The van der Waals surface area contributed by atoms with E-state index in [1.807, 2.05) is 0 Å². The molecule has 1 aromatic carbocycles. The minimum absolute atomic E-state index is 0.238. The second-order valence-corrected chi connectivity index (χ2v) is 5.74. The molecule has 19 heavy (non-hydrogen) atoms. The van der Waals surface area contributed by atoms with E-state index in [0.29, 0.717) is 5.25 Å². The molecular weight excluding hydrogens is 262 g/mol. The van der Waals surface area contributed by atoms with Crippen molar-refractivity contribution in [2.24, 2.45) is 0 Å². The van der Waals surface area contributed by atoms with Gasteiger partial charge < -0.3 is 10.4 Å². The SMILES string of the molecule is Oc1ccc(-n2nnnc2SC2CCCNC2)cc1. The number of thioether (sulfide) groups is 1. The summed E-state index contributed by atoms with van der Waals surface area (Å²) in [5.74, 6) is 0.238. The quantitative estimate of drug-likeness (QED) is 0.878. The van der Waals surface area contributed by atoms with E-state index < -0.39 is 0 Å².